The molecule has 2 aromatic rings. The predicted octanol–water partition coefficient (Wildman–Crippen LogP) is 2.75. The number of nitrogens with zero attached hydrogens (tertiary/aromatic N) is 2. The highest BCUT2D eigenvalue weighted by Crippen LogP contribution is 2.37. The molecule has 0 radical (unpaired) electrons. The molecule has 2 aliphatic rings. The highest BCUT2D eigenvalue weighted by molar-refractivity contribution is 5.84. The summed E-state index contributed by atoms with van der Waals surface area (Å²) in [6.07, 6.45) is 5.56. The van der Waals surface area contributed by atoms with Crippen LogP contribution in [-0.4, -0.2) is 16.0 Å². The lowest BCUT2D eigenvalue weighted by Gasteiger charge is -2.32. The molecule has 0 amide bonds. The van der Waals surface area contributed by atoms with Crippen LogP contribution in [0.5, 0.6) is 0 Å². The van der Waals surface area contributed by atoms with Crippen LogP contribution in [0.15, 0.2) is 30.5 Å². The molecule has 1 atom stereocenters. The van der Waals surface area contributed by atoms with Crippen LogP contribution in [0.4, 0.5) is 0 Å². The van der Waals surface area contributed by atoms with Crippen molar-refractivity contribution in [1.29, 1.82) is 0 Å². The summed E-state index contributed by atoms with van der Waals surface area (Å²) in [5.41, 5.74) is 2.97. The first-order chi connectivity index (χ1) is 7.43. The molecule has 0 saturated carbocycles. The number of hydrogen-bond donors (Lipinski definition) is 0. The van der Waals surface area contributed by atoms with Crippen molar-refractivity contribution >= 4 is 10.9 Å². The molecule has 4 rings (SSSR count). The van der Waals surface area contributed by atoms with Gasteiger partial charge in [-0.05, 0) is 29.9 Å². The smallest absolute Gasteiger partial charge is 0.0867 e. The van der Waals surface area contributed by atoms with Crippen molar-refractivity contribution in [3.05, 3.63) is 36.0 Å². The molecule has 0 spiro atoms. The second-order valence-corrected chi connectivity index (χ2v) is 4.67. The topological polar surface area (TPSA) is 8.17 Å². The second-order valence-electron chi connectivity index (χ2n) is 4.67. The van der Waals surface area contributed by atoms with Gasteiger partial charge in [-0.1, -0.05) is 18.2 Å². The summed E-state index contributed by atoms with van der Waals surface area (Å²) in [5, 5.41) is 1.40. The number of para-hydroxylation sites is 1. The zero-order chi connectivity index (χ0) is 9.83. The summed E-state index contributed by atoms with van der Waals surface area (Å²) in [7, 11) is 0. The maximum atomic E-state index is 2.60. The number of aromatic nitrogens is 1. The van der Waals surface area contributed by atoms with Gasteiger partial charge >= 0.3 is 0 Å². The second kappa shape index (κ2) is 2.64. The molecule has 0 bridgehead atoms. The van der Waals surface area contributed by atoms with Crippen molar-refractivity contribution in [2.45, 2.75) is 25.6 Å². The minimum Gasteiger partial charge on any atom is -0.331 e. The van der Waals surface area contributed by atoms with E-state index in [9.17, 15) is 0 Å². The van der Waals surface area contributed by atoms with E-state index in [0.29, 0.717) is 6.17 Å². The largest absolute Gasteiger partial charge is 0.331 e. The Labute approximate surface area is 89.1 Å². The summed E-state index contributed by atoms with van der Waals surface area (Å²) in [4.78, 5) is 2.60. The van der Waals surface area contributed by atoms with E-state index in [2.05, 4.69) is 39.9 Å². The first-order valence-corrected chi connectivity index (χ1v) is 5.76. The minimum absolute atomic E-state index is 0.636. The van der Waals surface area contributed by atoms with Gasteiger partial charge in [0.05, 0.1) is 11.7 Å². The summed E-state index contributed by atoms with van der Waals surface area (Å²) in [5.74, 6) is 0. The van der Waals surface area contributed by atoms with Crippen LogP contribution >= 0.6 is 0 Å². The fraction of sp³-hybridized carbons (Fsp3) is 0.385. The van der Waals surface area contributed by atoms with Crippen molar-refractivity contribution in [1.82, 2.24) is 9.47 Å². The molecule has 76 valence electrons. The standard InChI is InChI=1S/C13H14N2/c1-3-10-6-8-15-12-5-2-7-14(12)9-11(4-1)13(10)15/h1,3-4,6,8,12H,2,5,7,9H2. The van der Waals surface area contributed by atoms with Crippen LogP contribution in [0.2, 0.25) is 0 Å². The Morgan fingerprint density at radius 2 is 2.20 bits per heavy atom. The molecule has 0 N–H and O–H groups in total. The molecule has 2 heteroatoms. The summed E-state index contributed by atoms with van der Waals surface area (Å²) in [6.45, 7) is 2.41. The van der Waals surface area contributed by atoms with Gasteiger partial charge in [0.2, 0.25) is 0 Å². The van der Waals surface area contributed by atoms with Crippen LogP contribution in [0.1, 0.15) is 24.6 Å². The molecule has 2 aliphatic heterocycles. The molecule has 1 unspecified atom stereocenters. The van der Waals surface area contributed by atoms with Gasteiger partial charge in [-0.2, -0.15) is 0 Å². The van der Waals surface area contributed by atoms with Crippen LogP contribution in [0.25, 0.3) is 10.9 Å². The molecule has 1 fully saturated rings. The van der Waals surface area contributed by atoms with E-state index in [0.717, 1.165) is 6.54 Å². The fourth-order valence-corrected chi connectivity index (χ4v) is 3.20. The van der Waals surface area contributed by atoms with E-state index in [1.54, 1.807) is 0 Å². The Balaban J connectivity index is 2.06. The maximum Gasteiger partial charge on any atom is 0.0867 e. The van der Waals surface area contributed by atoms with Crippen LogP contribution < -0.4 is 0 Å². The Hall–Kier alpha value is -1.28. The highest BCUT2D eigenvalue weighted by atomic mass is 15.3. The maximum absolute atomic E-state index is 2.60. The van der Waals surface area contributed by atoms with E-state index in [1.807, 2.05) is 0 Å². The molecular formula is C13H14N2. The predicted molar refractivity (Wildman–Crippen MR) is 60.6 cm³/mol. The average molecular weight is 198 g/mol. The zero-order valence-corrected chi connectivity index (χ0v) is 8.69. The fourth-order valence-electron chi connectivity index (χ4n) is 3.20. The van der Waals surface area contributed by atoms with Crippen LogP contribution in [0, 0.1) is 0 Å². The third kappa shape index (κ3) is 0.927. The van der Waals surface area contributed by atoms with Gasteiger partial charge in [0.15, 0.2) is 0 Å². The van der Waals surface area contributed by atoms with Crippen molar-refractivity contribution in [2.24, 2.45) is 0 Å². The molecular weight excluding hydrogens is 184 g/mol. The normalized spacial score (nSPS) is 24.7. The van der Waals surface area contributed by atoms with E-state index >= 15 is 0 Å². The molecule has 1 saturated heterocycles. The first-order valence-electron chi connectivity index (χ1n) is 5.76. The lowest BCUT2D eigenvalue weighted by Crippen LogP contribution is -2.30. The number of fused-ring (bicyclic) bond motifs is 2. The van der Waals surface area contributed by atoms with E-state index < -0.39 is 0 Å². The van der Waals surface area contributed by atoms with Crippen LogP contribution in [-0.2, 0) is 6.54 Å². The molecule has 15 heavy (non-hydrogen) atoms. The first kappa shape index (κ1) is 7.94. The Morgan fingerprint density at radius 3 is 3.20 bits per heavy atom. The van der Waals surface area contributed by atoms with Crippen LogP contribution in [0.3, 0.4) is 0 Å². The third-order valence-electron chi connectivity index (χ3n) is 3.85. The van der Waals surface area contributed by atoms with Gasteiger partial charge in [0, 0.05) is 19.3 Å². The molecule has 1 aromatic carbocycles. The monoisotopic (exact) mass is 198 g/mol. The van der Waals surface area contributed by atoms with Crippen molar-refractivity contribution in [3.63, 3.8) is 0 Å². The Morgan fingerprint density at radius 1 is 1.20 bits per heavy atom. The highest BCUT2D eigenvalue weighted by Gasteiger charge is 2.30. The number of benzene rings is 1. The Bertz CT molecular complexity index is 526. The van der Waals surface area contributed by atoms with Crippen molar-refractivity contribution in [2.75, 3.05) is 6.54 Å². The molecule has 1 aromatic heterocycles. The number of hydrogen-bond acceptors (Lipinski definition) is 1. The third-order valence-corrected chi connectivity index (χ3v) is 3.85. The molecule has 2 nitrogen and oxygen atoms in total. The Kier molecular flexibility index (Phi) is 1.40. The van der Waals surface area contributed by atoms with Gasteiger partial charge in [0.25, 0.3) is 0 Å². The van der Waals surface area contributed by atoms with Gasteiger partial charge in [-0.3, -0.25) is 4.90 Å². The lowest BCUT2D eigenvalue weighted by atomic mass is 10.1. The summed E-state index contributed by atoms with van der Waals surface area (Å²) < 4.78 is 2.47. The van der Waals surface area contributed by atoms with Gasteiger partial charge in [-0.15, -0.1) is 0 Å². The van der Waals surface area contributed by atoms with Gasteiger partial charge in [-0.25, -0.2) is 0 Å². The molecule has 0 aliphatic carbocycles. The number of rotatable bonds is 0. The van der Waals surface area contributed by atoms with Gasteiger partial charge in [0.1, 0.15) is 0 Å². The lowest BCUT2D eigenvalue weighted by molar-refractivity contribution is 0.179. The molecule has 3 heterocycles. The van der Waals surface area contributed by atoms with E-state index in [4.69, 9.17) is 0 Å². The van der Waals surface area contributed by atoms with Gasteiger partial charge < -0.3 is 4.57 Å². The quantitative estimate of drug-likeness (QED) is 0.632. The summed E-state index contributed by atoms with van der Waals surface area (Å²) >= 11 is 0. The average Bonchev–Trinajstić information content (AvgIpc) is 2.85. The van der Waals surface area contributed by atoms with Crippen molar-refractivity contribution < 1.29 is 0 Å². The zero-order valence-electron chi connectivity index (χ0n) is 8.69. The summed E-state index contributed by atoms with van der Waals surface area (Å²) in [6, 6.07) is 8.92. The van der Waals surface area contributed by atoms with E-state index in [-0.39, 0.29) is 0 Å². The van der Waals surface area contributed by atoms with Crippen molar-refractivity contribution in [3.8, 4) is 0 Å². The van der Waals surface area contributed by atoms with E-state index in [1.165, 1.54) is 35.9 Å². The SMILES string of the molecule is c1cc2c3c(c1)ccn3C1CCCN1C2. The minimum atomic E-state index is 0.636.